The van der Waals surface area contributed by atoms with Crippen LogP contribution in [-0.2, 0) is 4.79 Å². The molecule has 2 N–H and O–H groups in total. The van der Waals surface area contributed by atoms with Crippen LogP contribution in [0.2, 0.25) is 0 Å². The Morgan fingerprint density at radius 2 is 1.90 bits per heavy atom. The Bertz CT molecular complexity index is 476. The molecule has 1 unspecified atom stereocenters. The summed E-state index contributed by atoms with van der Waals surface area (Å²) in [5.74, 6) is -0.0948. The van der Waals surface area contributed by atoms with Crippen LogP contribution in [0.3, 0.4) is 0 Å². The summed E-state index contributed by atoms with van der Waals surface area (Å²) in [4.78, 5) is 11.6. The Morgan fingerprint density at radius 3 is 2.55 bits per heavy atom. The van der Waals surface area contributed by atoms with Crippen LogP contribution < -0.4 is 5.32 Å². The van der Waals surface area contributed by atoms with Crippen molar-refractivity contribution in [3.8, 4) is 0 Å². The highest BCUT2D eigenvalue weighted by Gasteiger charge is 2.27. The summed E-state index contributed by atoms with van der Waals surface area (Å²) in [5.41, 5.74) is 2.21. The van der Waals surface area contributed by atoms with Crippen LogP contribution in [0, 0.1) is 0 Å². The maximum absolute atomic E-state index is 11.6. The lowest BCUT2D eigenvalue weighted by atomic mass is 9.93. The predicted molar refractivity (Wildman–Crippen MR) is 78.8 cm³/mol. The van der Waals surface area contributed by atoms with E-state index in [9.17, 15) is 9.90 Å². The fraction of sp³-hybridized carbons (Fsp3) is 0.588. The molecule has 0 heterocycles. The smallest absolute Gasteiger partial charge is 0.325 e. The molecule has 20 heavy (non-hydrogen) atoms. The van der Waals surface area contributed by atoms with Crippen LogP contribution in [-0.4, -0.2) is 17.1 Å². The van der Waals surface area contributed by atoms with Gasteiger partial charge in [0.05, 0.1) is 0 Å². The summed E-state index contributed by atoms with van der Waals surface area (Å²) in [6.45, 7) is 0. The number of hydrogen-bond acceptors (Lipinski definition) is 2. The van der Waals surface area contributed by atoms with Gasteiger partial charge < -0.3 is 5.11 Å². The second kappa shape index (κ2) is 5.96. The second-order valence-corrected chi connectivity index (χ2v) is 6.22. The monoisotopic (exact) mass is 273 g/mol. The van der Waals surface area contributed by atoms with Crippen LogP contribution in [0.1, 0.15) is 68.0 Å². The van der Waals surface area contributed by atoms with E-state index >= 15 is 0 Å². The number of carboxylic acids is 1. The van der Waals surface area contributed by atoms with Crippen molar-refractivity contribution >= 4 is 5.97 Å². The Kier molecular flexibility index (Phi) is 4.06. The highest BCUT2D eigenvalue weighted by molar-refractivity contribution is 5.75. The van der Waals surface area contributed by atoms with Crippen LogP contribution >= 0.6 is 0 Å². The Morgan fingerprint density at radius 1 is 1.15 bits per heavy atom. The molecule has 1 aromatic rings. The number of carboxylic acid groups (broad SMARTS) is 1. The lowest BCUT2D eigenvalue weighted by molar-refractivity contribution is -0.140. The van der Waals surface area contributed by atoms with Crippen LogP contribution in [0.15, 0.2) is 24.3 Å². The first-order valence-corrected chi connectivity index (χ1v) is 7.83. The molecule has 3 rings (SSSR count). The van der Waals surface area contributed by atoms with Gasteiger partial charge in [0.1, 0.15) is 6.04 Å². The minimum absolute atomic E-state index is 0.356. The number of rotatable bonds is 5. The van der Waals surface area contributed by atoms with Crippen LogP contribution in [0.4, 0.5) is 0 Å². The molecule has 3 nitrogen and oxygen atoms in total. The van der Waals surface area contributed by atoms with Gasteiger partial charge in [-0.2, -0.15) is 0 Å². The van der Waals surface area contributed by atoms with Crippen molar-refractivity contribution in [1.82, 2.24) is 5.32 Å². The van der Waals surface area contributed by atoms with Crippen LogP contribution in [0.25, 0.3) is 0 Å². The average molecular weight is 273 g/mol. The van der Waals surface area contributed by atoms with Crippen LogP contribution in [0.5, 0.6) is 0 Å². The predicted octanol–water partition coefficient (Wildman–Crippen LogP) is 3.61. The van der Waals surface area contributed by atoms with Gasteiger partial charge in [-0.1, -0.05) is 43.5 Å². The van der Waals surface area contributed by atoms with E-state index in [1.54, 1.807) is 0 Å². The summed E-state index contributed by atoms with van der Waals surface area (Å²) in [7, 11) is 0. The number of benzene rings is 1. The van der Waals surface area contributed by atoms with Crippen molar-refractivity contribution in [3.63, 3.8) is 0 Å². The molecule has 3 heteroatoms. The largest absolute Gasteiger partial charge is 0.480 e. The SMILES string of the molecule is O=C(O)C(NC1CCCCC1)c1cccc(C2CC2)c1. The molecule has 0 aliphatic heterocycles. The number of nitrogens with one attached hydrogen (secondary N) is 1. The minimum Gasteiger partial charge on any atom is -0.480 e. The highest BCUT2D eigenvalue weighted by Crippen LogP contribution is 2.40. The minimum atomic E-state index is -0.761. The molecule has 0 spiro atoms. The van der Waals surface area contributed by atoms with E-state index in [0.29, 0.717) is 12.0 Å². The summed E-state index contributed by atoms with van der Waals surface area (Å²) in [6, 6.07) is 7.96. The third-order valence-corrected chi connectivity index (χ3v) is 4.55. The van der Waals surface area contributed by atoms with Gasteiger partial charge in [-0.15, -0.1) is 0 Å². The Hall–Kier alpha value is -1.35. The first kappa shape index (κ1) is 13.6. The van der Waals surface area contributed by atoms with Gasteiger partial charge in [-0.3, -0.25) is 10.1 Å². The van der Waals surface area contributed by atoms with Gasteiger partial charge in [0.15, 0.2) is 0 Å². The number of aliphatic carboxylic acids is 1. The van der Waals surface area contributed by atoms with E-state index in [2.05, 4.69) is 17.4 Å². The van der Waals surface area contributed by atoms with Gasteiger partial charge >= 0.3 is 5.97 Å². The van der Waals surface area contributed by atoms with Gasteiger partial charge in [0.2, 0.25) is 0 Å². The van der Waals surface area contributed by atoms with E-state index in [1.165, 1.54) is 37.7 Å². The van der Waals surface area contributed by atoms with E-state index in [-0.39, 0.29) is 0 Å². The van der Waals surface area contributed by atoms with Gasteiger partial charge in [-0.05, 0) is 42.7 Å². The summed E-state index contributed by atoms with van der Waals surface area (Å²) in [6.07, 6.45) is 8.41. The number of hydrogen-bond donors (Lipinski definition) is 2. The van der Waals surface area contributed by atoms with E-state index in [1.807, 2.05) is 12.1 Å². The lowest BCUT2D eigenvalue weighted by Gasteiger charge is -2.27. The lowest BCUT2D eigenvalue weighted by Crippen LogP contribution is -2.38. The fourth-order valence-corrected chi connectivity index (χ4v) is 3.22. The van der Waals surface area contributed by atoms with E-state index < -0.39 is 12.0 Å². The number of carbonyl (C=O) groups is 1. The molecule has 2 saturated carbocycles. The molecule has 0 saturated heterocycles. The van der Waals surface area contributed by atoms with E-state index in [4.69, 9.17) is 0 Å². The van der Waals surface area contributed by atoms with Crippen molar-refractivity contribution in [2.75, 3.05) is 0 Å². The Labute approximate surface area is 120 Å². The van der Waals surface area contributed by atoms with Gasteiger partial charge in [0.25, 0.3) is 0 Å². The molecule has 0 bridgehead atoms. The molecule has 2 aliphatic carbocycles. The topological polar surface area (TPSA) is 49.3 Å². The normalized spacial score (nSPS) is 21.6. The Balaban J connectivity index is 1.75. The molecule has 1 atom stereocenters. The zero-order valence-corrected chi connectivity index (χ0v) is 11.8. The van der Waals surface area contributed by atoms with Crippen molar-refractivity contribution < 1.29 is 9.90 Å². The van der Waals surface area contributed by atoms with Crippen molar-refractivity contribution in [2.45, 2.75) is 62.9 Å². The molecule has 108 valence electrons. The van der Waals surface area contributed by atoms with Crippen molar-refractivity contribution in [2.24, 2.45) is 0 Å². The molecule has 2 fully saturated rings. The molecule has 0 radical (unpaired) electrons. The van der Waals surface area contributed by atoms with Gasteiger partial charge in [0, 0.05) is 6.04 Å². The summed E-state index contributed by atoms with van der Waals surface area (Å²) in [5, 5.41) is 12.9. The van der Waals surface area contributed by atoms with Crippen molar-refractivity contribution in [3.05, 3.63) is 35.4 Å². The third-order valence-electron chi connectivity index (χ3n) is 4.55. The second-order valence-electron chi connectivity index (χ2n) is 6.22. The summed E-state index contributed by atoms with van der Waals surface area (Å²) < 4.78 is 0. The molecular formula is C17H23NO2. The first-order chi connectivity index (χ1) is 9.74. The van der Waals surface area contributed by atoms with Crippen molar-refractivity contribution in [1.29, 1.82) is 0 Å². The summed E-state index contributed by atoms with van der Waals surface area (Å²) >= 11 is 0. The molecular weight excluding hydrogens is 250 g/mol. The third kappa shape index (κ3) is 3.21. The maximum Gasteiger partial charge on any atom is 0.325 e. The molecule has 1 aromatic carbocycles. The standard InChI is InChI=1S/C17H23NO2/c19-17(20)16(18-15-7-2-1-3-8-15)14-6-4-5-13(11-14)12-9-10-12/h4-6,11-12,15-16,18H,1-3,7-10H2,(H,19,20). The first-order valence-electron chi connectivity index (χ1n) is 7.83. The molecule has 2 aliphatic rings. The zero-order chi connectivity index (χ0) is 13.9. The zero-order valence-electron chi connectivity index (χ0n) is 11.8. The average Bonchev–Trinajstić information content (AvgIpc) is 3.30. The maximum atomic E-state index is 11.6. The van der Waals surface area contributed by atoms with Gasteiger partial charge in [-0.25, -0.2) is 0 Å². The fourth-order valence-electron chi connectivity index (χ4n) is 3.22. The highest BCUT2D eigenvalue weighted by atomic mass is 16.4. The van der Waals surface area contributed by atoms with E-state index in [0.717, 1.165) is 18.4 Å². The molecule has 0 amide bonds. The molecule has 0 aromatic heterocycles. The quantitative estimate of drug-likeness (QED) is 0.861.